The average Bonchev–Trinajstić information content (AvgIpc) is 2.76. The molecule has 1 saturated heterocycles. The number of nitrogens with one attached hydrogen (secondary N) is 1. The highest BCUT2D eigenvalue weighted by molar-refractivity contribution is 6.02. The number of rotatable bonds is 3. The van der Waals surface area contributed by atoms with E-state index in [1.54, 1.807) is 12.1 Å². The first-order chi connectivity index (χ1) is 10.1. The van der Waals surface area contributed by atoms with Gasteiger partial charge in [0.05, 0.1) is 0 Å². The van der Waals surface area contributed by atoms with Gasteiger partial charge >= 0.3 is 6.09 Å². The van der Waals surface area contributed by atoms with E-state index in [0.717, 1.165) is 44.3 Å². The van der Waals surface area contributed by atoms with Crippen LogP contribution < -0.4 is 15.8 Å². The lowest BCUT2D eigenvalue weighted by Crippen LogP contribution is -2.29. The third-order valence-electron chi connectivity index (χ3n) is 4.48. The summed E-state index contributed by atoms with van der Waals surface area (Å²) in [5.41, 5.74) is 6.74. The molecule has 1 amide bonds. The van der Waals surface area contributed by atoms with Gasteiger partial charge in [0, 0.05) is 11.5 Å². The molecular formula is C16H20N2O3. The van der Waals surface area contributed by atoms with E-state index in [1.807, 2.05) is 6.07 Å². The molecule has 0 saturated carbocycles. The van der Waals surface area contributed by atoms with Crippen LogP contribution in [0.25, 0.3) is 0 Å². The zero-order valence-corrected chi connectivity index (χ0v) is 11.9. The first-order valence-corrected chi connectivity index (χ1v) is 7.48. The molecule has 1 aliphatic heterocycles. The van der Waals surface area contributed by atoms with Crippen molar-refractivity contribution in [3.63, 3.8) is 0 Å². The molecular weight excluding hydrogens is 268 g/mol. The van der Waals surface area contributed by atoms with Gasteiger partial charge in [-0.25, -0.2) is 4.79 Å². The van der Waals surface area contributed by atoms with Crippen molar-refractivity contribution in [2.75, 3.05) is 13.1 Å². The van der Waals surface area contributed by atoms with E-state index in [9.17, 15) is 9.59 Å². The molecule has 3 N–H and O–H groups in total. The minimum atomic E-state index is -0.855. The Morgan fingerprint density at radius 1 is 1.33 bits per heavy atom. The van der Waals surface area contributed by atoms with Gasteiger partial charge in [-0.1, -0.05) is 6.07 Å². The van der Waals surface area contributed by atoms with Crippen LogP contribution in [0, 0.1) is 11.8 Å². The third kappa shape index (κ3) is 3.08. The van der Waals surface area contributed by atoms with Crippen LogP contribution in [0.5, 0.6) is 5.75 Å². The van der Waals surface area contributed by atoms with Gasteiger partial charge in [-0.05, 0) is 62.4 Å². The number of carbonyl (C=O) groups is 2. The summed E-state index contributed by atoms with van der Waals surface area (Å²) >= 11 is 0. The number of ether oxygens (including phenoxy) is 1. The maximum Gasteiger partial charge on any atom is 0.409 e. The Labute approximate surface area is 123 Å². The van der Waals surface area contributed by atoms with Crippen molar-refractivity contribution in [1.29, 1.82) is 0 Å². The summed E-state index contributed by atoms with van der Waals surface area (Å²) in [6, 6.07) is 5.21. The molecule has 5 nitrogen and oxygen atoms in total. The van der Waals surface area contributed by atoms with Gasteiger partial charge in [-0.2, -0.15) is 0 Å². The highest BCUT2D eigenvalue weighted by atomic mass is 16.5. The fourth-order valence-corrected chi connectivity index (χ4v) is 3.43. The molecule has 1 atom stereocenters. The Morgan fingerprint density at radius 2 is 2.10 bits per heavy atom. The second-order valence-corrected chi connectivity index (χ2v) is 5.93. The number of carbonyl (C=O) groups excluding carboxylic acids is 2. The van der Waals surface area contributed by atoms with Gasteiger partial charge in [-0.3, -0.25) is 4.79 Å². The van der Waals surface area contributed by atoms with Crippen LogP contribution in [0.15, 0.2) is 18.2 Å². The summed E-state index contributed by atoms with van der Waals surface area (Å²) in [5, 5.41) is 3.35. The van der Waals surface area contributed by atoms with Crippen LogP contribution in [0.4, 0.5) is 4.79 Å². The van der Waals surface area contributed by atoms with E-state index in [2.05, 4.69) is 5.32 Å². The molecule has 1 unspecified atom stereocenters. The minimum Gasteiger partial charge on any atom is -0.410 e. The Bertz CT molecular complexity index is 565. The predicted octanol–water partition coefficient (Wildman–Crippen LogP) is 1.89. The number of Topliss-reactive ketones (excluding diaryl/α,β-unsaturated/α-hetero) is 1. The number of primary amides is 1. The SMILES string of the molecule is NC(=O)Oc1ccc2c(c1)C(=O)C(CC1CCNCC1)C2. The highest BCUT2D eigenvalue weighted by Crippen LogP contribution is 2.34. The minimum absolute atomic E-state index is 0.0759. The van der Waals surface area contributed by atoms with Gasteiger partial charge in [0.15, 0.2) is 5.78 Å². The van der Waals surface area contributed by atoms with Gasteiger partial charge in [0.25, 0.3) is 0 Å². The summed E-state index contributed by atoms with van der Waals surface area (Å²) < 4.78 is 4.85. The summed E-state index contributed by atoms with van der Waals surface area (Å²) in [6.45, 7) is 2.10. The molecule has 0 spiro atoms. The van der Waals surface area contributed by atoms with Crippen molar-refractivity contribution in [3.8, 4) is 5.75 Å². The monoisotopic (exact) mass is 288 g/mol. The maximum atomic E-state index is 12.5. The number of nitrogens with two attached hydrogens (primary N) is 1. The van der Waals surface area contributed by atoms with E-state index < -0.39 is 6.09 Å². The van der Waals surface area contributed by atoms with Crippen LogP contribution in [0.3, 0.4) is 0 Å². The van der Waals surface area contributed by atoms with Gasteiger partial charge in [-0.15, -0.1) is 0 Å². The number of benzene rings is 1. The lowest BCUT2D eigenvalue weighted by atomic mass is 9.86. The van der Waals surface area contributed by atoms with Crippen LogP contribution in [-0.2, 0) is 6.42 Å². The van der Waals surface area contributed by atoms with Crippen LogP contribution in [-0.4, -0.2) is 25.0 Å². The quantitative estimate of drug-likeness (QED) is 0.890. The van der Waals surface area contributed by atoms with Crippen molar-refractivity contribution in [2.24, 2.45) is 17.6 Å². The number of ketones is 1. The topological polar surface area (TPSA) is 81.4 Å². The summed E-state index contributed by atoms with van der Waals surface area (Å²) in [5.74, 6) is 1.23. The second kappa shape index (κ2) is 5.85. The summed E-state index contributed by atoms with van der Waals surface area (Å²) in [4.78, 5) is 23.3. The lowest BCUT2D eigenvalue weighted by molar-refractivity contribution is 0.0912. The Hall–Kier alpha value is -1.88. The molecule has 1 aromatic rings. The fourth-order valence-electron chi connectivity index (χ4n) is 3.43. The number of hydrogen-bond acceptors (Lipinski definition) is 4. The van der Waals surface area contributed by atoms with E-state index in [4.69, 9.17) is 10.5 Å². The molecule has 3 rings (SSSR count). The molecule has 0 bridgehead atoms. The second-order valence-electron chi connectivity index (χ2n) is 5.93. The molecule has 1 fully saturated rings. The van der Waals surface area contributed by atoms with E-state index in [0.29, 0.717) is 17.2 Å². The van der Waals surface area contributed by atoms with E-state index in [-0.39, 0.29) is 11.7 Å². The number of piperidine rings is 1. The molecule has 2 aliphatic rings. The Morgan fingerprint density at radius 3 is 2.81 bits per heavy atom. The van der Waals surface area contributed by atoms with E-state index in [1.165, 1.54) is 0 Å². The fraction of sp³-hybridized carbons (Fsp3) is 0.500. The van der Waals surface area contributed by atoms with Crippen molar-refractivity contribution in [2.45, 2.75) is 25.7 Å². The number of amides is 1. The highest BCUT2D eigenvalue weighted by Gasteiger charge is 2.32. The zero-order chi connectivity index (χ0) is 14.8. The normalized spacial score (nSPS) is 22.1. The molecule has 0 radical (unpaired) electrons. The van der Waals surface area contributed by atoms with Crippen molar-refractivity contribution in [1.82, 2.24) is 5.32 Å². The maximum absolute atomic E-state index is 12.5. The molecule has 0 aromatic heterocycles. The van der Waals surface area contributed by atoms with Crippen molar-refractivity contribution >= 4 is 11.9 Å². The van der Waals surface area contributed by atoms with Gasteiger partial charge < -0.3 is 15.8 Å². The Balaban J connectivity index is 1.70. The average molecular weight is 288 g/mol. The summed E-state index contributed by atoms with van der Waals surface area (Å²) in [6.07, 6.45) is 3.20. The molecule has 21 heavy (non-hydrogen) atoms. The van der Waals surface area contributed by atoms with Crippen molar-refractivity contribution in [3.05, 3.63) is 29.3 Å². The molecule has 1 aliphatic carbocycles. The molecule has 1 heterocycles. The number of fused-ring (bicyclic) bond motifs is 1. The standard InChI is InChI=1S/C16H20N2O3/c17-16(20)21-13-2-1-11-8-12(15(19)14(11)9-13)7-10-3-5-18-6-4-10/h1-2,9-10,12,18H,3-8H2,(H2,17,20). The molecule has 112 valence electrons. The van der Waals surface area contributed by atoms with Crippen LogP contribution in [0.2, 0.25) is 0 Å². The predicted molar refractivity (Wildman–Crippen MR) is 78.4 cm³/mol. The van der Waals surface area contributed by atoms with Crippen LogP contribution >= 0.6 is 0 Å². The molecule has 5 heteroatoms. The molecule has 1 aromatic carbocycles. The first-order valence-electron chi connectivity index (χ1n) is 7.48. The van der Waals surface area contributed by atoms with Crippen molar-refractivity contribution < 1.29 is 14.3 Å². The van der Waals surface area contributed by atoms with Gasteiger partial charge in [0.2, 0.25) is 0 Å². The Kier molecular flexibility index (Phi) is 3.92. The first kappa shape index (κ1) is 14.1. The lowest BCUT2D eigenvalue weighted by Gasteiger charge is -2.24. The van der Waals surface area contributed by atoms with E-state index >= 15 is 0 Å². The van der Waals surface area contributed by atoms with Crippen LogP contribution in [0.1, 0.15) is 35.2 Å². The summed E-state index contributed by atoms with van der Waals surface area (Å²) in [7, 11) is 0. The number of hydrogen-bond donors (Lipinski definition) is 2. The smallest absolute Gasteiger partial charge is 0.409 e. The largest absolute Gasteiger partial charge is 0.410 e. The van der Waals surface area contributed by atoms with Gasteiger partial charge in [0.1, 0.15) is 5.75 Å². The third-order valence-corrected chi connectivity index (χ3v) is 4.48. The zero-order valence-electron chi connectivity index (χ0n) is 11.9.